The molecule has 0 aromatic carbocycles. The Balaban J connectivity index is 3.12. The van der Waals surface area contributed by atoms with E-state index in [1.54, 1.807) is 0 Å². The Morgan fingerprint density at radius 3 is 2.33 bits per heavy atom. The number of nitrogens with zero attached hydrogens (tertiary/aromatic N) is 1. The number of rotatable bonds is 2. The van der Waals surface area contributed by atoms with Crippen LogP contribution in [0.1, 0.15) is 11.7 Å². The fraction of sp³-hybridized carbons (Fsp3) is 0.286. The maximum absolute atomic E-state index is 9.37. The molecule has 66 valence electrons. The van der Waals surface area contributed by atoms with E-state index in [0.717, 1.165) is 0 Å². The van der Waals surface area contributed by atoms with E-state index in [2.05, 4.69) is 4.98 Å². The van der Waals surface area contributed by atoms with Crippen LogP contribution in [0.25, 0.3) is 0 Å². The summed E-state index contributed by atoms with van der Waals surface area (Å²) in [5, 5.41) is 10.0. The summed E-state index contributed by atoms with van der Waals surface area (Å²) in [5.41, 5.74) is 5.69. The maximum Gasteiger partial charge on any atom is 0.0942 e. The van der Waals surface area contributed by atoms with Crippen LogP contribution < -0.4 is 5.73 Å². The van der Waals surface area contributed by atoms with Crippen LogP contribution in [0.3, 0.4) is 0 Å². The third-order valence-corrected chi connectivity index (χ3v) is 2.05. The summed E-state index contributed by atoms with van der Waals surface area (Å²) in [4.78, 5) is 3.75. The molecule has 0 unspecified atom stereocenters. The zero-order valence-corrected chi connectivity index (χ0v) is 7.68. The van der Waals surface area contributed by atoms with Gasteiger partial charge in [-0.2, -0.15) is 0 Å². The van der Waals surface area contributed by atoms with Crippen molar-refractivity contribution >= 4 is 23.2 Å². The number of halogens is 2. The molecule has 0 saturated heterocycles. The smallest absolute Gasteiger partial charge is 0.0942 e. The molecule has 0 spiro atoms. The van der Waals surface area contributed by atoms with Crippen LogP contribution in [0, 0.1) is 0 Å². The molecule has 0 aliphatic carbocycles. The van der Waals surface area contributed by atoms with Gasteiger partial charge in [0.25, 0.3) is 0 Å². The van der Waals surface area contributed by atoms with E-state index >= 15 is 0 Å². The van der Waals surface area contributed by atoms with Crippen molar-refractivity contribution in [3.63, 3.8) is 0 Å². The summed E-state index contributed by atoms with van der Waals surface area (Å²) >= 11 is 11.5. The van der Waals surface area contributed by atoms with Gasteiger partial charge in [-0.3, -0.25) is 4.98 Å². The third kappa shape index (κ3) is 1.87. The summed E-state index contributed by atoms with van der Waals surface area (Å²) in [6, 6.07) is 0. The van der Waals surface area contributed by atoms with Crippen molar-refractivity contribution in [1.29, 1.82) is 0 Å². The Bertz CT molecular complexity index is 260. The monoisotopic (exact) mass is 206 g/mol. The highest BCUT2D eigenvalue weighted by atomic mass is 35.5. The number of aromatic nitrogens is 1. The van der Waals surface area contributed by atoms with Crippen LogP contribution in [0.5, 0.6) is 0 Å². The van der Waals surface area contributed by atoms with Gasteiger partial charge in [0.05, 0.1) is 16.1 Å². The average Bonchev–Trinajstić information content (AvgIpc) is 2.03. The molecule has 0 aliphatic heterocycles. The highest BCUT2D eigenvalue weighted by Gasteiger charge is 2.13. The molecule has 1 atom stereocenters. The summed E-state index contributed by atoms with van der Waals surface area (Å²) in [6.45, 7) is 0.0868. The van der Waals surface area contributed by atoms with Crippen molar-refractivity contribution < 1.29 is 5.11 Å². The molecule has 1 rings (SSSR count). The fourth-order valence-corrected chi connectivity index (χ4v) is 1.47. The summed E-state index contributed by atoms with van der Waals surface area (Å²) in [5.74, 6) is 0. The Morgan fingerprint density at radius 2 is 1.92 bits per heavy atom. The lowest BCUT2D eigenvalue weighted by Crippen LogP contribution is -2.12. The molecule has 3 nitrogen and oxygen atoms in total. The first-order chi connectivity index (χ1) is 5.66. The lowest BCUT2D eigenvalue weighted by Gasteiger charge is -2.10. The van der Waals surface area contributed by atoms with Gasteiger partial charge in [-0.15, -0.1) is 0 Å². The lowest BCUT2D eigenvalue weighted by molar-refractivity contribution is 0.187. The van der Waals surface area contributed by atoms with Gasteiger partial charge < -0.3 is 10.8 Å². The van der Waals surface area contributed by atoms with Gasteiger partial charge >= 0.3 is 0 Å². The Morgan fingerprint density at radius 1 is 1.42 bits per heavy atom. The molecule has 3 N–H and O–H groups in total. The SMILES string of the molecule is NC[C@@H](O)c1c(Cl)cncc1Cl. The van der Waals surface area contributed by atoms with E-state index in [1.807, 2.05) is 0 Å². The Kier molecular flexibility index (Phi) is 3.29. The maximum atomic E-state index is 9.37. The van der Waals surface area contributed by atoms with Crippen molar-refractivity contribution in [2.45, 2.75) is 6.10 Å². The van der Waals surface area contributed by atoms with Crippen LogP contribution in [0.15, 0.2) is 12.4 Å². The van der Waals surface area contributed by atoms with Crippen LogP contribution in [-0.2, 0) is 0 Å². The quantitative estimate of drug-likeness (QED) is 0.770. The second-order valence-electron chi connectivity index (χ2n) is 2.27. The van der Waals surface area contributed by atoms with Gasteiger partial charge in [-0.1, -0.05) is 23.2 Å². The number of hydrogen-bond acceptors (Lipinski definition) is 3. The molecule has 12 heavy (non-hydrogen) atoms. The molecule has 1 aromatic rings. The molecular formula is C7H8Cl2N2O. The zero-order valence-electron chi connectivity index (χ0n) is 6.17. The second kappa shape index (κ2) is 4.05. The van der Waals surface area contributed by atoms with E-state index in [0.29, 0.717) is 15.6 Å². The van der Waals surface area contributed by atoms with Crippen molar-refractivity contribution in [3.8, 4) is 0 Å². The zero-order chi connectivity index (χ0) is 9.14. The fourth-order valence-electron chi connectivity index (χ4n) is 0.857. The van der Waals surface area contributed by atoms with Crippen LogP contribution in [0.2, 0.25) is 10.0 Å². The second-order valence-corrected chi connectivity index (χ2v) is 3.08. The molecule has 0 bridgehead atoms. The van der Waals surface area contributed by atoms with E-state index in [1.165, 1.54) is 12.4 Å². The van der Waals surface area contributed by atoms with Gasteiger partial charge in [-0.05, 0) is 0 Å². The van der Waals surface area contributed by atoms with Crippen LogP contribution in [0.4, 0.5) is 0 Å². The van der Waals surface area contributed by atoms with Gasteiger partial charge in [0.15, 0.2) is 0 Å². The summed E-state index contributed by atoms with van der Waals surface area (Å²) in [6.07, 6.45) is 2.01. The molecule has 0 radical (unpaired) electrons. The molecule has 5 heteroatoms. The number of nitrogens with two attached hydrogens (primary N) is 1. The van der Waals surface area contributed by atoms with Gasteiger partial charge in [-0.25, -0.2) is 0 Å². The summed E-state index contributed by atoms with van der Waals surface area (Å²) < 4.78 is 0. The van der Waals surface area contributed by atoms with Crippen molar-refractivity contribution in [2.75, 3.05) is 6.54 Å². The minimum absolute atomic E-state index is 0.0868. The first-order valence-electron chi connectivity index (χ1n) is 3.34. The molecule has 1 aromatic heterocycles. The first kappa shape index (κ1) is 9.74. The molecule has 0 fully saturated rings. The van der Waals surface area contributed by atoms with Gasteiger partial charge in [0.1, 0.15) is 0 Å². The minimum atomic E-state index is -0.826. The normalized spacial score (nSPS) is 13.0. The first-order valence-corrected chi connectivity index (χ1v) is 4.09. The average molecular weight is 207 g/mol. The number of pyridine rings is 1. The highest BCUT2D eigenvalue weighted by Crippen LogP contribution is 2.28. The Labute approximate surface area is 80.1 Å². The Hall–Kier alpha value is -0.350. The van der Waals surface area contributed by atoms with Gasteiger partial charge in [0.2, 0.25) is 0 Å². The minimum Gasteiger partial charge on any atom is -0.387 e. The lowest BCUT2D eigenvalue weighted by atomic mass is 10.1. The van der Waals surface area contributed by atoms with E-state index < -0.39 is 6.10 Å². The third-order valence-electron chi connectivity index (χ3n) is 1.45. The molecule has 1 heterocycles. The van der Waals surface area contributed by atoms with Crippen LogP contribution in [-0.4, -0.2) is 16.6 Å². The molecular weight excluding hydrogens is 199 g/mol. The largest absolute Gasteiger partial charge is 0.387 e. The number of aliphatic hydroxyl groups is 1. The van der Waals surface area contributed by atoms with Crippen molar-refractivity contribution in [1.82, 2.24) is 4.98 Å². The predicted octanol–water partition coefficient (Wildman–Crippen LogP) is 1.38. The van der Waals surface area contributed by atoms with Crippen molar-refractivity contribution in [3.05, 3.63) is 28.0 Å². The van der Waals surface area contributed by atoms with E-state index in [-0.39, 0.29) is 6.54 Å². The molecule has 0 amide bonds. The predicted molar refractivity (Wildman–Crippen MR) is 48.3 cm³/mol. The van der Waals surface area contributed by atoms with Gasteiger partial charge in [0, 0.05) is 24.5 Å². The van der Waals surface area contributed by atoms with E-state index in [4.69, 9.17) is 28.9 Å². The summed E-state index contributed by atoms with van der Waals surface area (Å²) in [7, 11) is 0. The topological polar surface area (TPSA) is 59.1 Å². The van der Waals surface area contributed by atoms with Crippen LogP contribution >= 0.6 is 23.2 Å². The molecule has 0 saturated carbocycles. The number of aliphatic hydroxyl groups excluding tert-OH is 1. The highest BCUT2D eigenvalue weighted by molar-refractivity contribution is 6.35. The van der Waals surface area contributed by atoms with E-state index in [9.17, 15) is 5.11 Å². The molecule has 0 aliphatic rings. The standard InChI is InChI=1S/C7H8Cl2N2O/c8-4-2-11-3-5(9)7(4)6(12)1-10/h2-3,6,12H,1,10H2/t6-/m1/s1. The number of hydrogen-bond donors (Lipinski definition) is 2. The van der Waals surface area contributed by atoms with Crippen molar-refractivity contribution in [2.24, 2.45) is 5.73 Å².